The molecule has 2 aromatic rings. The number of benzene rings is 2. The summed E-state index contributed by atoms with van der Waals surface area (Å²) in [5.74, 6) is -0.807. The lowest BCUT2D eigenvalue weighted by Crippen LogP contribution is -2.53. The SMILES string of the molecule is CC[C@H](C(=O)NC1CCCC1)N(Cc1ccc(Cl)cc1Cl)C(=O)CN(c1ccc(C)c(Cl)c1)S(C)(=O)=O. The Morgan fingerprint density at radius 2 is 1.73 bits per heavy atom. The van der Waals surface area contributed by atoms with Crippen molar-refractivity contribution < 1.29 is 18.0 Å². The van der Waals surface area contributed by atoms with Crippen LogP contribution in [0, 0.1) is 6.92 Å². The van der Waals surface area contributed by atoms with Crippen molar-refractivity contribution in [1.29, 1.82) is 0 Å². The number of anilines is 1. The summed E-state index contributed by atoms with van der Waals surface area (Å²) < 4.78 is 26.5. The molecule has 1 fully saturated rings. The van der Waals surface area contributed by atoms with E-state index in [1.165, 1.54) is 11.0 Å². The Kier molecular flexibility index (Phi) is 10.1. The van der Waals surface area contributed by atoms with Gasteiger partial charge in [0.25, 0.3) is 0 Å². The number of carbonyl (C=O) groups excluding carboxylic acids is 2. The molecule has 2 aromatic carbocycles. The monoisotopic (exact) mass is 587 g/mol. The van der Waals surface area contributed by atoms with Crippen LogP contribution in [-0.4, -0.2) is 50.0 Å². The number of hydrogen-bond acceptors (Lipinski definition) is 4. The lowest BCUT2D eigenvalue weighted by atomic mass is 10.1. The molecule has 0 aliphatic heterocycles. The predicted molar refractivity (Wildman–Crippen MR) is 150 cm³/mol. The quantitative estimate of drug-likeness (QED) is 0.392. The Labute approximate surface area is 234 Å². The first-order valence-corrected chi connectivity index (χ1v) is 15.2. The van der Waals surface area contributed by atoms with E-state index in [9.17, 15) is 18.0 Å². The summed E-state index contributed by atoms with van der Waals surface area (Å²) in [5, 5.41) is 4.24. The van der Waals surface area contributed by atoms with Crippen LogP contribution in [0.1, 0.15) is 50.2 Å². The van der Waals surface area contributed by atoms with Gasteiger partial charge in [0.15, 0.2) is 0 Å². The fourth-order valence-corrected chi connectivity index (χ4v) is 5.96. The fraction of sp³-hybridized carbons (Fsp3) is 0.462. The zero-order valence-corrected chi connectivity index (χ0v) is 24.2. The molecule has 0 heterocycles. The average Bonchev–Trinajstić information content (AvgIpc) is 3.32. The molecule has 0 radical (unpaired) electrons. The lowest BCUT2D eigenvalue weighted by Gasteiger charge is -2.33. The molecule has 11 heteroatoms. The van der Waals surface area contributed by atoms with Crippen molar-refractivity contribution in [2.75, 3.05) is 17.1 Å². The fourth-order valence-electron chi connectivity index (χ4n) is 4.47. The summed E-state index contributed by atoms with van der Waals surface area (Å²) in [5.41, 5.74) is 1.63. The van der Waals surface area contributed by atoms with Crippen LogP contribution in [0.25, 0.3) is 0 Å². The van der Waals surface area contributed by atoms with Gasteiger partial charge in [0, 0.05) is 27.7 Å². The third kappa shape index (κ3) is 7.76. The van der Waals surface area contributed by atoms with Gasteiger partial charge in [0.05, 0.1) is 11.9 Å². The minimum Gasteiger partial charge on any atom is -0.352 e. The molecule has 3 rings (SSSR count). The van der Waals surface area contributed by atoms with Crippen LogP contribution in [-0.2, 0) is 26.2 Å². The molecule has 1 atom stereocenters. The van der Waals surface area contributed by atoms with E-state index in [-0.39, 0.29) is 24.2 Å². The van der Waals surface area contributed by atoms with Crippen LogP contribution in [0.15, 0.2) is 36.4 Å². The number of carbonyl (C=O) groups is 2. The van der Waals surface area contributed by atoms with E-state index in [0.29, 0.717) is 27.1 Å². The highest BCUT2D eigenvalue weighted by Gasteiger charge is 2.33. The molecule has 0 bridgehead atoms. The van der Waals surface area contributed by atoms with Gasteiger partial charge in [-0.2, -0.15) is 0 Å². The van der Waals surface area contributed by atoms with E-state index >= 15 is 0 Å². The maximum Gasteiger partial charge on any atom is 0.244 e. The molecule has 1 N–H and O–H groups in total. The van der Waals surface area contributed by atoms with Crippen molar-refractivity contribution in [3.05, 3.63) is 62.6 Å². The van der Waals surface area contributed by atoms with E-state index in [1.807, 2.05) is 6.92 Å². The van der Waals surface area contributed by atoms with E-state index in [2.05, 4.69) is 5.32 Å². The molecule has 1 saturated carbocycles. The molecule has 202 valence electrons. The Balaban J connectivity index is 1.96. The largest absolute Gasteiger partial charge is 0.352 e. The van der Waals surface area contributed by atoms with Crippen molar-refractivity contribution >= 4 is 62.3 Å². The Morgan fingerprint density at radius 1 is 1.05 bits per heavy atom. The molecule has 7 nitrogen and oxygen atoms in total. The molecule has 1 aliphatic rings. The van der Waals surface area contributed by atoms with Crippen LogP contribution in [0.3, 0.4) is 0 Å². The van der Waals surface area contributed by atoms with E-state index < -0.39 is 28.5 Å². The predicted octanol–water partition coefficient (Wildman–Crippen LogP) is 5.59. The third-order valence-corrected chi connectivity index (χ3v) is 8.70. The summed E-state index contributed by atoms with van der Waals surface area (Å²) in [6.07, 6.45) is 5.26. The van der Waals surface area contributed by atoms with Crippen molar-refractivity contribution in [2.45, 2.75) is 64.6 Å². The Bertz CT molecular complexity index is 1250. The second-order valence-corrected chi connectivity index (χ2v) is 12.5. The van der Waals surface area contributed by atoms with Gasteiger partial charge in [-0.15, -0.1) is 0 Å². The van der Waals surface area contributed by atoms with Gasteiger partial charge in [-0.3, -0.25) is 13.9 Å². The summed E-state index contributed by atoms with van der Waals surface area (Å²) in [7, 11) is -3.85. The summed E-state index contributed by atoms with van der Waals surface area (Å²) in [6.45, 7) is 3.12. The van der Waals surface area contributed by atoms with Crippen LogP contribution >= 0.6 is 34.8 Å². The first-order valence-electron chi connectivity index (χ1n) is 12.2. The molecule has 1 aliphatic carbocycles. The highest BCUT2D eigenvalue weighted by molar-refractivity contribution is 7.92. The number of rotatable bonds is 10. The van der Waals surface area contributed by atoms with Crippen molar-refractivity contribution in [3.8, 4) is 0 Å². The number of aryl methyl sites for hydroxylation is 1. The smallest absolute Gasteiger partial charge is 0.244 e. The van der Waals surface area contributed by atoms with Gasteiger partial charge in [0.1, 0.15) is 12.6 Å². The zero-order valence-electron chi connectivity index (χ0n) is 21.1. The van der Waals surface area contributed by atoms with Gasteiger partial charge in [-0.25, -0.2) is 8.42 Å². The van der Waals surface area contributed by atoms with E-state index in [0.717, 1.165) is 41.8 Å². The second kappa shape index (κ2) is 12.7. The highest BCUT2D eigenvalue weighted by Crippen LogP contribution is 2.27. The molecule has 0 spiro atoms. The number of nitrogens with one attached hydrogen (secondary N) is 1. The van der Waals surface area contributed by atoms with Crippen LogP contribution in [0.5, 0.6) is 0 Å². The van der Waals surface area contributed by atoms with Gasteiger partial charge >= 0.3 is 0 Å². The van der Waals surface area contributed by atoms with Crippen LogP contribution in [0.2, 0.25) is 15.1 Å². The Morgan fingerprint density at radius 3 is 2.30 bits per heavy atom. The Hall–Kier alpha value is -2.00. The van der Waals surface area contributed by atoms with E-state index in [1.54, 1.807) is 37.3 Å². The lowest BCUT2D eigenvalue weighted by molar-refractivity contribution is -0.140. The number of hydrogen-bond donors (Lipinski definition) is 1. The first-order chi connectivity index (χ1) is 17.4. The minimum absolute atomic E-state index is 0.0116. The average molecular weight is 589 g/mol. The van der Waals surface area contributed by atoms with Gasteiger partial charge in [-0.1, -0.05) is 66.7 Å². The molecule has 0 saturated heterocycles. The normalized spacial score (nSPS) is 14.9. The summed E-state index contributed by atoms with van der Waals surface area (Å²) in [6, 6.07) is 8.97. The second-order valence-electron chi connectivity index (χ2n) is 9.37. The van der Waals surface area contributed by atoms with Crippen LogP contribution in [0.4, 0.5) is 5.69 Å². The summed E-state index contributed by atoms with van der Waals surface area (Å²) in [4.78, 5) is 28.5. The minimum atomic E-state index is -3.85. The highest BCUT2D eigenvalue weighted by atomic mass is 35.5. The molecule has 2 amide bonds. The molecular formula is C26H32Cl3N3O4S. The van der Waals surface area contributed by atoms with Crippen molar-refractivity contribution in [2.24, 2.45) is 0 Å². The molecule has 0 unspecified atom stereocenters. The van der Waals surface area contributed by atoms with Crippen molar-refractivity contribution in [1.82, 2.24) is 10.2 Å². The van der Waals surface area contributed by atoms with Crippen LogP contribution < -0.4 is 9.62 Å². The third-order valence-electron chi connectivity index (χ3n) is 6.57. The van der Waals surface area contributed by atoms with Gasteiger partial charge < -0.3 is 10.2 Å². The standard InChI is InChI=1S/C26H32Cl3N3O4S/c1-4-24(26(34)30-20-7-5-6-8-20)31(15-18-10-11-19(27)13-23(18)29)25(33)16-32(37(3,35)36)21-12-9-17(2)22(28)14-21/h9-14,20,24H,4-8,15-16H2,1-3H3,(H,30,34)/t24-/m1/s1. The van der Waals surface area contributed by atoms with E-state index in [4.69, 9.17) is 34.8 Å². The number of sulfonamides is 1. The molecule has 0 aromatic heterocycles. The summed E-state index contributed by atoms with van der Waals surface area (Å²) >= 11 is 18.7. The topological polar surface area (TPSA) is 86.8 Å². The molecule has 37 heavy (non-hydrogen) atoms. The molecular weight excluding hydrogens is 557 g/mol. The first kappa shape index (κ1) is 29.6. The number of amides is 2. The maximum atomic E-state index is 13.8. The van der Waals surface area contributed by atoms with Gasteiger partial charge in [0.2, 0.25) is 21.8 Å². The van der Waals surface area contributed by atoms with Crippen molar-refractivity contribution in [3.63, 3.8) is 0 Å². The number of halogens is 3. The maximum absolute atomic E-state index is 13.8. The number of nitrogens with zero attached hydrogens (tertiary/aromatic N) is 2. The zero-order chi connectivity index (χ0) is 27.3. The van der Waals surface area contributed by atoms with Gasteiger partial charge in [-0.05, 0) is 61.6 Å².